The number of furan rings is 1. The minimum Gasteiger partial charge on any atom is -0.461 e. The lowest BCUT2D eigenvalue weighted by Crippen LogP contribution is -2.42. The lowest BCUT2D eigenvalue weighted by atomic mass is 10.3. The SMILES string of the molecule is Cl.Cl.c1coc(-c2noc(CN3CCNCC3)n2)c1. The molecule has 0 unspecified atom stereocenters. The Morgan fingerprint density at radius 3 is 2.74 bits per heavy atom. The molecule has 0 spiro atoms. The predicted molar refractivity (Wildman–Crippen MR) is 74.6 cm³/mol. The third kappa shape index (κ3) is 3.94. The number of hydrogen-bond donors (Lipinski definition) is 1. The van der Waals surface area contributed by atoms with Crippen LogP contribution in [0.4, 0.5) is 0 Å². The maximum atomic E-state index is 5.21. The second kappa shape index (κ2) is 7.49. The average molecular weight is 307 g/mol. The molecule has 0 aromatic carbocycles. The van der Waals surface area contributed by atoms with E-state index in [-0.39, 0.29) is 24.8 Å². The zero-order chi connectivity index (χ0) is 11.5. The van der Waals surface area contributed by atoms with Gasteiger partial charge < -0.3 is 14.3 Å². The van der Waals surface area contributed by atoms with Crippen LogP contribution < -0.4 is 5.32 Å². The summed E-state index contributed by atoms with van der Waals surface area (Å²) < 4.78 is 10.4. The number of nitrogens with zero attached hydrogens (tertiary/aromatic N) is 3. The summed E-state index contributed by atoms with van der Waals surface area (Å²) in [4.78, 5) is 6.60. The number of nitrogens with one attached hydrogen (secondary N) is 1. The van der Waals surface area contributed by atoms with Crippen molar-refractivity contribution in [3.05, 3.63) is 24.3 Å². The minimum absolute atomic E-state index is 0. The van der Waals surface area contributed by atoms with Crippen LogP contribution in [0.1, 0.15) is 5.89 Å². The van der Waals surface area contributed by atoms with Gasteiger partial charge in [0.1, 0.15) is 0 Å². The average Bonchev–Trinajstić information content (AvgIpc) is 3.00. The summed E-state index contributed by atoms with van der Waals surface area (Å²) >= 11 is 0. The molecule has 1 aliphatic heterocycles. The molecule has 3 heterocycles. The van der Waals surface area contributed by atoms with Gasteiger partial charge in [-0.05, 0) is 12.1 Å². The first-order valence-corrected chi connectivity index (χ1v) is 5.71. The van der Waals surface area contributed by atoms with Gasteiger partial charge in [-0.25, -0.2) is 0 Å². The lowest BCUT2D eigenvalue weighted by molar-refractivity contribution is 0.203. The summed E-state index contributed by atoms with van der Waals surface area (Å²) in [5.74, 6) is 1.79. The van der Waals surface area contributed by atoms with Crippen LogP contribution >= 0.6 is 24.8 Å². The lowest BCUT2D eigenvalue weighted by Gasteiger charge is -2.25. The van der Waals surface area contributed by atoms with Gasteiger partial charge in [-0.15, -0.1) is 24.8 Å². The Kier molecular flexibility index (Phi) is 6.30. The van der Waals surface area contributed by atoms with Gasteiger partial charge in [0.2, 0.25) is 11.7 Å². The molecule has 1 saturated heterocycles. The summed E-state index contributed by atoms with van der Waals surface area (Å²) in [5, 5.41) is 7.21. The highest BCUT2D eigenvalue weighted by molar-refractivity contribution is 5.85. The zero-order valence-electron chi connectivity index (χ0n) is 10.2. The molecule has 6 nitrogen and oxygen atoms in total. The van der Waals surface area contributed by atoms with Gasteiger partial charge in [0.25, 0.3) is 0 Å². The third-order valence-electron chi connectivity index (χ3n) is 2.78. The molecule has 106 valence electrons. The molecular formula is C11H16Cl2N4O2. The van der Waals surface area contributed by atoms with E-state index < -0.39 is 0 Å². The smallest absolute Gasteiger partial charge is 0.241 e. The Balaban J connectivity index is 0.000000902. The highest BCUT2D eigenvalue weighted by atomic mass is 35.5. The molecular weight excluding hydrogens is 291 g/mol. The zero-order valence-corrected chi connectivity index (χ0v) is 11.9. The first kappa shape index (κ1) is 16.0. The van der Waals surface area contributed by atoms with Gasteiger partial charge in [0, 0.05) is 26.2 Å². The molecule has 1 aliphatic rings. The Bertz CT molecular complexity index is 469. The van der Waals surface area contributed by atoms with E-state index in [1.165, 1.54) is 0 Å². The molecule has 0 radical (unpaired) electrons. The van der Waals surface area contributed by atoms with Crippen LogP contribution in [-0.2, 0) is 6.54 Å². The summed E-state index contributed by atoms with van der Waals surface area (Å²) in [7, 11) is 0. The molecule has 0 amide bonds. The molecule has 2 aromatic rings. The molecule has 0 bridgehead atoms. The van der Waals surface area contributed by atoms with Crippen LogP contribution in [0.25, 0.3) is 11.6 Å². The summed E-state index contributed by atoms with van der Waals surface area (Å²) in [6.45, 7) is 4.75. The van der Waals surface area contributed by atoms with E-state index >= 15 is 0 Å². The van der Waals surface area contributed by atoms with E-state index in [9.17, 15) is 0 Å². The number of halogens is 2. The van der Waals surface area contributed by atoms with Gasteiger partial charge >= 0.3 is 0 Å². The number of piperazine rings is 1. The fourth-order valence-corrected chi connectivity index (χ4v) is 1.89. The van der Waals surface area contributed by atoms with Crippen molar-refractivity contribution in [2.24, 2.45) is 0 Å². The van der Waals surface area contributed by atoms with E-state index in [1.54, 1.807) is 6.26 Å². The number of hydrogen-bond acceptors (Lipinski definition) is 6. The largest absolute Gasteiger partial charge is 0.461 e. The maximum absolute atomic E-state index is 5.21. The fourth-order valence-electron chi connectivity index (χ4n) is 1.89. The highest BCUT2D eigenvalue weighted by Gasteiger charge is 2.15. The molecule has 1 fully saturated rings. The molecule has 1 N–H and O–H groups in total. The van der Waals surface area contributed by atoms with Crippen LogP contribution in [-0.4, -0.2) is 41.2 Å². The Morgan fingerprint density at radius 2 is 2.05 bits per heavy atom. The van der Waals surface area contributed by atoms with Crippen LogP contribution in [0, 0.1) is 0 Å². The van der Waals surface area contributed by atoms with Gasteiger partial charge in [0.05, 0.1) is 12.8 Å². The summed E-state index contributed by atoms with van der Waals surface area (Å²) in [6.07, 6.45) is 1.60. The minimum atomic E-state index is 0. The Labute approximate surface area is 123 Å². The molecule has 8 heteroatoms. The van der Waals surface area contributed by atoms with Gasteiger partial charge in [-0.1, -0.05) is 5.16 Å². The van der Waals surface area contributed by atoms with Crippen LogP contribution in [0.5, 0.6) is 0 Å². The van der Waals surface area contributed by atoms with Crippen LogP contribution in [0.15, 0.2) is 27.3 Å². The third-order valence-corrected chi connectivity index (χ3v) is 2.78. The maximum Gasteiger partial charge on any atom is 0.241 e. The van der Waals surface area contributed by atoms with Crippen molar-refractivity contribution >= 4 is 24.8 Å². The molecule has 19 heavy (non-hydrogen) atoms. The summed E-state index contributed by atoms with van der Waals surface area (Å²) in [6, 6.07) is 3.63. The van der Waals surface area contributed by atoms with Gasteiger partial charge in [-0.3, -0.25) is 4.90 Å². The van der Waals surface area contributed by atoms with Crippen molar-refractivity contribution in [1.82, 2.24) is 20.4 Å². The van der Waals surface area contributed by atoms with Crippen molar-refractivity contribution in [3.8, 4) is 11.6 Å². The second-order valence-electron chi connectivity index (χ2n) is 4.02. The van der Waals surface area contributed by atoms with Gasteiger partial charge in [-0.2, -0.15) is 4.98 Å². The van der Waals surface area contributed by atoms with E-state index in [0.717, 1.165) is 26.2 Å². The molecule has 3 rings (SSSR count). The molecule has 0 atom stereocenters. The Morgan fingerprint density at radius 1 is 1.26 bits per heavy atom. The van der Waals surface area contributed by atoms with E-state index in [2.05, 4.69) is 20.4 Å². The quantitative estimate of drug-likeness (QED) is 0.928. The molecule has 0 saturated carbocycles. The van der Waals surface area contributed by atoms with E-state index in [0.29, 0.717) is 24.0 Å². The number of aromatic nitrogens is 2. The van der Waals surface area contributed by atoms with Crippen molar-refractivity contribution < 1.29 is 8.94 Å². The van der Waals surface area contributed by atoms with Crippen molar-refractivity contribution in [3.63, 3.8) is 0 Å². The second-order valence-corrected chi connectivity index (χ2v) is 4.02. The first-order chi connectivity index (χ1) is 8.42. The Hall–Kier alpha value is -1.08. The van der Waals surface area contributed by atoms with Crippen LogP contribution in [0.2, 0.25) is 0 Å². The van der Waals surface area contributed by atoms with E-state index in [1.807, 2.05) is 12.1 Å². The predicted octanol–water partition coefficient (Wildman–Crippen LogP) is 1.58. The normalized spacial score (nSPS) is 15.6. The molecule has 0 aliphatic carbocycles. The molecule has 2 aromatic heterocycles. The highest BCUT2D eigenvalue weighted by Crippen LogP contribution is 2.16. The standard InChI is InChI=1S/C11H14N4O2.2ClH/c1-2-9(16-7-1)11-13-10(17-14-11)8-15-5-3-12-4-6-15;;/h1-2,7,12H,3-6,8H2;2*1H. The first-order valence-electron chi connectivity index (χ1n) is 5.71. The van der Waals surface area contributed by atoms with Crippen molar-refractivity contribution in [2.75, 3.05) is 26.2 Å². The van der Waals surface area contributed by atoms with E-state index in [4.69, 9.17) is 8.94 Å². The topological polar surface area (TPSA) is 67.3 Å². The van der Waals surface area contributed by atoms with Crippen molar-refractivity contribution in [2.45, 2.75) is 6.54 Å². The monoisotopic (exact) mass is 306 g/mol. The number of rotatable bonds is 3. The van der Waals surface area contributed by atoms with Crippen molar-refractivity contribution in [1.29, 1.82) is 0 Å². The van der Waals surface area contributed by atoms with Crippen LogP contribution in [0.3, 0.4) is 0 Å². The summed E-state index contributed by atoms with van der Waals surface area (Å²) in [5.41, 5.74) is 0. The fraction of sp³-hybridized carbons (Fsp3) is 0.455. The van der Waals surface area contributed by atoms with Gasteiger partial charge in [0.15, 0.2) is 5.76 Å².